The largest absolute Gasteiger partial charge is 0.436 e. The molecule has 0 bridgehead atoms. The van der Waals surface area contributed by atoms with Crippen LogP contribution in [-0.2, 0) is 4.74 Å². The Balaban J connectivity index is 1.94. The minimum atomic E-state index is -0.808. The molecule has 0 aliphatic carbocycles. The Morgan fingerprint density at radius 3 is 2.32 bits per heavy atom. The Hall–Kier alpha value is -2.89. The van der Waals surface area contributed by atoms with E-state index in [1.54, 1.807) is 23.1 Å². The maximum absolute atomic E-state index is 12.6. The number of nitro benzene ring substituents is 1. The molecule has 2 aromatic carbocycles. The number of piperidine rings is 1. The molecule has 6 nitrogen and oxygen atoms in total. The maximum atomic E-state index is 12.6. The Labute approximate surface area is 146 Å². The molecule has 1 aliphatic rings. The van der Waals surface area contributed by atoms with Gasteiger partial charge in [-0.1, -0.05) is 42.5 Å². The molecule has 1 fully saturated rings. The molecule has 2 aromatic rings. The zero-order valence-electron chi connectivity index (χ0n) is 13.8. The average molecular weight is 340 g/mol. The number of benzene rings is 2. The number of carbonyl (C=O) groups is 1. The Bertz CT molecular complexity index is 742. The lowest BCUT2D eigenvalue weighted by Crippen LogP contribution is -2.36. The van der Waals surface area contributed by atoms with Crippen molar-refractivity contribution in [2.45, 2.75) is 25.4 Å². The molecule has 1 amide bonds. The van der Waals surface area contributed by atoms with Gasteiger partial charge in [-0.25, -0.2) is 4.79 Å². The van der Waals surface area contributed by atoms with E-state index in [0.29, 0.717) is 24.2 Å². The van der Waals surface area contributed by atoms with Gasteiger partial charge in [0.05, 0.1) is 10.5 Å². The third-order valence-corrected chi connectivity index (χ3v) is 4.35. The van der Waals surface area contributed by atoms with Gasteiger partial charge >= 0.3 is 6.09 Å². The van der Waals surface area contributed by atoms with Gasteiger partial charge in [-0.05, 0) is 30.9 Å². The molecule has 0 spiro atoms. The lowest BCUT2D eigenvalue weighted by molar-refractivity contribution is -0.386. The summed E-state index contributed by atoms with van der Waals surface area (Å²) in [4.78, 5) is 25.2. The molecule has 25 heavy (non-hydrogen) atoms. The summed E-state index contributed by atoms with van der Waals surface area (Å²) in [5, 5.41) is 11.4. The second-order valence-corrected chi connectivity index (χ2v) is 6.04. The molecule has 1 saturated heterocycles. The van der Waals surface area contributed by atoms with Crippen molar-refractivity contribution in [3.05, 3.63) is 75.8 Å². The van der Waals surface area contributed by atoms with Crippen molar-refractivity contribution in [1.29, 1.82) is 0 Å². The first kappa shape index (κ1) is 17.0. The highest BCUT2D eigenvalue weighted by molar-refractivity contribution is 5.69. The van der Waals surface area contributed by atoms with Crippen LogP contribution in [0.3, 0.4) is 0 Å². The molecule has 1 unspecified atom stereocenters. The second kappa shape index (κ2) is 7.79. The maximum Gasteiger partial charge on any atom is 0.410 e. The highest BCUT2D eigenvalue weighted by atomic mass is 16.6. The summed E-state index contributed by atoms with van der Waals surface area (Å²) in [7, 11) is 0. The molecule has 1 atom stereocenters. The van der Waals surface area contributed by atoms with Crippen LogP contribution in [0.1, 0.15) is 36.5 Å². The van der Waals surface area contributed by atoms with Crippen LogP contribution in [-0.4, -0.2) is 29.0 Å². The smallest absolute Gasteiger partial charge is 0.410 e. The first-order valence-corrected chi connectivity index (χ1v) is 8.40. The minimum absolute atomic E-state index is 0.0530. The summed E-state index contributed by atoms with van der Waals surface area (Å²) >= 11 is 0. The summed E-state index contributed by atoms with van der Waals surface area (Å²) in [5.41, 5.74) is 1.04. The van der Waals surface area contributed by atoms with Crippen molar-refractivity contribution in [1.82, 2.24) is 4.90 Å². The fourth-order valence-electron chi connectivity index (χ4n) is 3.07. The molecule has 0 radical (unpaired) electrons. The fraction of sp³-hybridized carbons (Fsp3) is 0.316. The monoisotopic (exact) mass is 340 g/mol. The first-order chi connectivity index (χ1) is 12.2. The molecular formula is C19H20N2O4. The summed E-state index contributed by atoms with van der Waals surface area (Å²) in [6.45, 7) is 1.33. The van der Waals surface area contributed by atoms with Crippen molar-refractivity contribution in [3.63, 3.8) is 0 Å². The number of nitrogens with zero attached hydrogens (tertiary/aromatic N) is 2. The third-order valence-electron chi connectivity index (χ3n) is 4.35. The number of ether oxygens (including phenoxy) is 1. The molecule has 0 saturated carbocycles. The van der Waals surface area contributed by atoms with Gasteiger partial charge in [0.2, 0.25) is 0 Å². The van der Waals surface area contributed by atoms with Crippen LogP contribution >= 0.6 is 0 Å². The van der Waals surface area contributed by atoms with Gasteiger partial charge in [0.25, 0.3) is 5.69 Å². The first-order valence-electron chi connectivity index (χ1n) is 8.40. The molecule has 0 N–H and O–H groups in total. The SMILES string of the molecule is O=C(OC(c1ccccc1)c1ccccc1[N+](=O)[O-])N1CCCCC1. The number of hydrogen-bond acceptors (Lipinski definition) is 4. The number of hydrogen-bond donors (Lipinski definition) is 0. The van der Waals surface area contributed by atoms with E-state index >= 15 is 0 Å². The summed E-state index contributed by atoms with van der Waals surface area (Å²) < 4.78 is 5.74. The normalized spacial score (nSPS) is 15.4. The topological polar surface area (TPSA) is 72.7 Å². The number of nitro groups is 1. The predicted molar refractivity (Wildman–Crippen MR) is 93.3 cm³/mol. The average Bonchev–Trinajstić information content (AvgIpc) is 2.67. The van der Waals surface area contributed by atoms with Gasteiger partial charge in [-0.15, -0.1) is 0 Å². The van der Waals surface area contributed by atoms with Gasteiger partial charge in [-0.3, -0.25) is 10.1 Å². The molecule has 1 aliphatic heterocycles. The number of carbonyl (C=O) groups excluding carboxylic acids is 1. The van der Waals surface area contributed by atoms with Crippen LogP contribution in [0.25, 0.3) is 0 Å². The minimum Gasteiger partial charge on any atom is -0.436 e. The predicted octanol–water partition coefficient (Wildman–Crippen LogP) is 4.31. The van der Waals surface area contributed by atoms with Crippen LogP contribution in [0.15, 0.2) is 54.6 Å². The van der Waals surface area contributed by atoms with Gasteiger partial charge in [0.15, 0.2) is 6.10 Å². The van der Waals surface area contributed by atoms with Crippen LogP contribution in [0, 0.1) is 10.1 Å². The number of likely N-dealkylation sites (tertiary alicyclic amines) is 1. The second-order valence-electron chi connectivity index (χ2n) is 6.04. The summed E-state index contributed by atoms with van der Waals surface area (Å²) in [6.07, 6.45) is 1.78. The zero-order valence-corrected chi connectivity index (χ0v) is 13.8. The number of rotatable bonds is 4. The van der Waals surface area contributed by atoms with E-state index in [-0.39, 0.29) is 5.69 Å². The van der Waals surface area contributed by atoms with E-state index in [1.807, 2.05) is 30.3 Å². The molecular weight excluding hydrogens is 320 g/mol. The van der Waals surface area contributed by atoms with Crippen LogP contribution in [0.5, 0.6) is 0 Å². The standard InChI is InChI=1S/C19H20N2O4/c22-19(20-13-7-2-8-14-20)25-18(15-9-3-1-4-10-15)16-11-5-6-12-17(16)21(23)24/h1,3-6,9-12,18H,2,7-8,13-14H2. The van der Waals surface area contributed by atoms with Crippen molar-refractivity contribution < 1.29 is 14.5 Å². The van der Waals surface area contributed by atoms with E-state index < -0.39 is 17.1 Å². The Morgan fingerprint density at radius 1 is 1.00 bits per heavy atom. The van der Waals surface area contributed by atoms with Gasteiger partial charge in [-0.2, -0.15) is 0 Å². The van der Waals surface area contributed by atoms with Gasteiger partial charge < -0.3 is 9.64 Å². The number of amides is 1. The van der Waals surface area contributed by atoms with E-state index in [2.05, 4.69) is 0 Å². The number of para-hydroxylation sites is 1. The quantitative estimate of drug-likeness (QED) is 0.614. The molecule has 0 aromatic heterocycles. The molecule has 3 rings (SSSR count). The van der Waals surface area contributed by atoms with Crippen LogP contribution < -0.4 is 0 Å². The lowest BCUT2D eigenvalue weighted by atomic mass is 10.00. The van der Waals surface area contributed by atoms with Crippen molar-refractivity contribution in [3.8, 4) is 0 Å². The van der Waals surface area contributed by atoms with Crippen molar-refractivity contribution in [2.24, 2.45) is 0 Å². The molecule has 130 valence electrons. The van der Waals surface area contributed by atoms with Crippen LogP contribution in [0.2, 0.25) is 0 Å². The van der Waals surface area contributed by atoms with E-state index in [0.717, 1.165) is 19.3 Å². The van der Waals surface area contributed by atoms with E-state index in [4.69, 9.17) is 4.74 Å². The lowest BCUT2D eigenvalue weighted by Gasteiger charge is -2.28. The van der Waals surface area contributed by atoms with E-state index in [9.17, 15) is 14.9 Å². The van der Waals surface area contributed by atoms with E-state index in [1.165, 1.54) is 6.07 Å². The van der Waals surface area contributed by atoms with Crippen molar-refractivity contribution in [2.75, 3.05) is 13.1 Å². The van der Waals surface area contributed by atoms with Crippen LogP contribution in [0.4, 0.5) is 10.5 Å². The Kier molecular flexibility index (Phi) is 5.28. The molecule has 1 heterocycles. The van der Waals surface area contributed by atoms with Crippen molar-refractivity contribution >= 4 is 11.8 Å². The van der Waals surface area contributed by atoms with Gasteiger partial charge in [0.1, 0.15) is 0 Å². The van der Waals surface area contributed by atoms with Gasteiger partial charge in [0, 0.05) is 19.2 Å². The highest BCUT2D eigenvalue weighted by Crippen LogP contribution is 2.33. The fourth-order valence-corrected chi connectivity index (χ4v) is 3.07. The molecule has 6 heteroatoms. The Morgan fingerprint density at radius 2 is 1.64 bits per heavy atom. The highest BCUT2D eigenvalue weighted by Gasteiger charge is 2.28. The summed E-state index contributed by atoms with van der Waals surface area (Å²) in [6, 6.07) is 15.5. The third kappa shape index (κ3) is 3.96. The zero-order chi connectivity index (χ0) is 17.6. The summed E-state index contributed by atoms with van der Waals surface area (Å²) in [5.74, 6) is 0.